The van der Waals surface area contributed by atoms with Gasteiger partial charge in [0.15, 0.2) is 0 Å². The number of rotatable bonds is 4. The van der Waals surface area contributed by atoms with Crippen molar-refractivity contribution in [2.45, 2.75) is 32.7 Å². The fourth-order valence-electron chi connectivity index (χ4n) is 4.04. The van der Waals surface area contributed by atoms with Crippen molar-refractivity contribution >= 4 is 17.2 Å². The molecule has 2 aliphatic rings. The predicted octanol–water partition coefficient (Wildman–Crippen LogP) is 2.73. The largest absolute Gasteiger partial charge is 0.340 e. The molecule has 1 atom stereocenters. The maximum atomic E-state index is 13.0. The van der Waals surface area contributed by atoms with Gasteiger partial charge < -0.3 is 9.47 Å². The smallest absolute Gasteiger partial charge is 0.227 e. The number of aryl methyl sites for hydroxylation is 1. The summed E-state index contributed by atoms with van der Waals surface area (Å²) in [6.07, 6.45) is 4.98. The van der Waals surface area contributed by atoms with E-state index in [9.17, 15) is 4.79 Å². The maximum Gasteiger partial charge on any atom is 0.227 e. The lowest BCUT2D eigenvalue weighted by molar-refractivity contribution is -0.138. The highest BCUT2D eigenvalue weighted by atomic mass is 32.1. The number of hydrogen-bond donors (Lipinski definition) is 0. The Balaban J connectivity index is 1.44. The Bertz CT molecular complexity index is 716. The second kappa shape index (κ2) is 7.30. The van der Waals surface area contributed by atoms with E-state index in [1.807, 2.05) is 6.20 Å². The Hall–Kier alpha value is -1.66. The molecule has 0 bridgehead atoms. The van der Waals surface area contributed by atoms with Crippen LogP contribution in [0, 0.1) is 5.92 Å². The van der Waals surface area contributed by atoms with Crippen molar-refractivity contribution in [1.82, 2.24) is 19.4 Å². The second-order valence-electron chi connectivity index (χ2n) is 7.08. The molecule has 0 N–H and O–H groups in total. The van der Waals surface area contributed by atoms with Crippen LogP contribution < -0.4 is 0 Å². The average Bonchev–Trinajstić information content (AvgIpc) is 3.30. The normalized spacial score (nSPS) is 21.3. The quantitative estimate of drug-likeness (QED) is 0.844. The lowest BCUT2D eigenvalue weighted by atomic mass is 9.97. The summed E-state index contributed by atoms with van der Waals surface area (Å²) >= 11 is 1.70. The number of nitrogens with zero attached hydrogens (tertiary/aromatic N) is 4. The first-order valence-electron chi connectivity index (χ1n) is 9.34. The van der Waals surface area contributed by atoms with Crippen molar-refractivity contribution in [2.24, 2.45) is 5.92 Å². The molecule has 1 amide bonds. The number of aromatic nitrogens is 2. The minimum Gasteiger partial charge on any atom is -0.340 e. The van der Waals surface area contributed by atoms with Crippen molar-refractivity contribution in [3.8, 4) is 11.3 Å². The predicted molar refractivity (Wildman–Crippen MR) is 101 cm³/mol. The van der Waals surface area contributed by atoms with E-state index in [1.54, 1.807) is 11.3 Å². The maximum absolute atomic E-state index is 13.0. The summed E-state index contributed by atoms with van der Waals surface area (Å²) < 4.78 is 2.27. The van der Waals surface area contributed by atoms with E-state index in [2.05, 4.69) is 43.1 Å². The third-order valence-electron chi connectivity index (χ3n) is 5.45. The van der Waals surface area contributed by atoms with Crippen LogP contribution in [0.25, 0.3) is 11.3 Å². The van der Waals surface area contributed by atoms with Gasteiger partial charge in [-0.15, -0.1) is 0 Å². The molecule has 0 saturated carbocycles. The lowest BCUT2D eigenvalue weighted by Crippen LogP contribution is -2.51. The molecule has 0 spiro atoms. The first kappa shape index (κ1) is 16.8. The number of carbonyl (C=O) groups excluding carboxylic acids is 1. The fraction of sp³-hybridized carbons (Fsp3) is 0.579. The zero-order valence-electron chi connectivity index (χ0n) is 14.9. The summed E-state index contributed by atoms with van der Waals surface area (Å²) in [7, 11) is 0. The minimum atomic E-state index is 0.0943. The monoisotopic (exact) mass is 358 g/mol. The van der Waals surface area contributed by atoms with Gasteiger partial charge in [0.05, 0.1) is 17.8 Å². The van der Waals surface area contributed by atoms with E-state index in [-0.39, 0.29) is 5.92 Å². The SMILES string of the molecule is CCCN1CCN(C(=O)C2CCc3ncc(-c4ccsc4)n3C2)CC1. The van der Waals surface area contributed by atoms with Gasteiger partial charge >= 0.3 is 0 Å². The molecule has 1 fully saturated rings. The Kier molecular flexibility index (Phi) is 4.90. The third kappa shape index (κ3) is 3.37. The fourth-order valence-corrected chi connectivity index (χ4v) is 4.69. The lowest BCUT2D eigenvalue weighted by Gasteiger charge is -2.37. The van der Waals surface area contributed by atoms with Crippen LogP contribution in [0.15, 0.2) is 23.0 Å². The van der Waals surface area contributed by atoms with Gasteiger partial charge in [-0.25, -0.2) is 4.98 Å². The van der Waals surface area contributed by atoms with E-state index in [0.717, 1.165) is 63.6 Å². The summed E-state index contributed by atoms with van der Waals surface area (Å²) in [4.78, 5) is 22.2. The number of piperazine rings is 1. The van der Waals surface area contributed by atoms with E-state index in [0.29, 0.717) is 5.91 Å². The van der Waals surface area contributed by atoms with Crippen LogP contribution in [0.4, 0.5) is 0 Å². The zero-order chi connectivity index (χ0) is 17.2. The van der Waals surface area contributed by atoms with Crippen molar-refractivity contribution in [3.05, 3.63) is 28.8 Å². The van der Waals surface area contributed by atoms with Crippen LogP contribution >= 0.6 is 11.3 Å². The van der Waals surface area contributed by atoms with Crippen molar-refractivity contribution in [3.63, 3.8) is 0 Å². The number of carbonyl (C=O) groups is 1. The summed E-state index contributed by atoms with van der Waals surface area (Å²) in [5.41, 5.74) is 2.37. The van der Waals surface area contributed by atoms with Gasteiger partial charge in [-0.3, -0.25) is 9.69 Å². The molecule has 6 heteroatoms. The highest BCUT2D eigenvalue weighted by Crippen LogP contribution is 2.29. The molecule has 4 heterocycles. The molecule has 1 unspecified atom stereocenters. The molecule has 0 radical (unpaired) electrons. The molecule has 2 aliphatic heterocycles. The molecule has 134 valence electrons. The number of fused-ring (bicyclic) bond motifs is 1. The molecule has 2 aromatic heterocycles. The Morgan fingerprint density at radius 1 is 1.32 bits per heavy atom. The van der Waals surface area contributed by atoms with E-state index in [4.69, 9.17) is 0 Å². The molecule has 0 aliphatic carbocycles. The van der Waals surface area contributed by atoms with E-state index in [1.165, 1.54) is 12.0 Å². The first-order valence-corrected chi connectivity index (χ1v) is 10.3. The molecule has 5 nitrogen and oxygen atoms in total. The van der Waals surface area contributed by atoms with Gasteiger partial charge in [-0.1, -0.05) is 6.92 Å². The van der Waals surface area contributed by atoms with Crippen LogP contribution in [0.1, 0.15) is 25.6 Å². The molecule has 1 saturated heterocycles. The van der Waals surface area contributed by atoms with Gasteiger partial charge in [-0.2, -0.15) is 11.3 Å². The van der Waals surface area contributed by atoms with Crippen molar-refractivity contribution in [1.29, 1.82) is 0 Å². The summed E-state index contributed by atoms with van der Waals surface area (Å²) in [6.45, 7) is 7.92. The van der Waals surface area contributed by atoms with Crippen molar-refractivity contribution < 1.29 is 4.79 Å². The van der Waals surface area contributed by atoms with Gasteiger partial charge in [0, 0.05) is 50.1 Å². The standard InChI is InChI=1S/C19H26N4OS/c1-2-6-21-7-9-22(10-8-21)19(24)15-3-4-18-20-12-17(23(18)13-15)16-5-11-25-14-16/h5,11-12,14-15H,2-4,6-10,13H2,1H3. The number of imidazole rings is 1. The molecular formula is C19H26N4OS. The van der Waals surface area contributed by atoms with E-state index >= 15 is 0 Å². The molecule has 0 aromatic carbocycles. The van der Waals surface area contributed by atoms with Crippen LogP contribution in [0.2, 0.25) is 0 Å². The highest BCUT2D eigenvalue weighted by Gasteiger charge is 2.31. The number of hydrogen-bond acceptors (Lipinski definition) is 4. The van der Waals surface area contributed by atoms with Gasteiger partial charge in [0.1, 0.15) is 5.82 Å². The minimum absolute atomic E-state index is 0.0943. The van der Waals surface area contributed by atoms with Crippen LogP contribution in [0.5, 0.6) is 0 Å². The molecular weight excluding hydrogens is 332 g/mol. The van der Waals surface area contributed by atoms with Gasteiger partial charge in [-0.05, 0) is 30.8 Å². The van der Waals surface area contributed by atoms with Crippen molar-refractivity contribution in [2.75, 3.05) is 32.7 Å². The third-order valence-corrected chi connectivity index (χ3v) is 6.13. The topological polar surface area (TPSA) is 41.4 Å². The highest BCUT2D eigenvalue weighted by molar-refractivity contribution is 7.08. The molecule has 25 heavy (non-hydrogen) atoms. The number of thiophene rings is 1. The molecule has 2 aromatic rings. The Labute approximate surface area is 153 Å². The summed E-state index contributed by atoms with van der Waals surface area (Å²) in [6, 6.07) is 2.13. The second-order valence-corrected chi connectivity index (χ2v) is 7.86. The van der Waals surface area contributed by atoms with Gasteiger partial charge in [0.2, 0.25) is 5.91 Å². The first-order chi connectivity index (χ1) is 12.3. The summed E-state index contributed by atoms with van der Waals surface area (Å²) in [5.74, 6) is 1.56. The number of amides is 1. The Morgan fingerprint density at radius 3 is 2.88 bits per heavy atom. The summed E-state index contributed by atoms with van der Waals surface area (Å²) in [5, 5.41) is 4.25. The average molecular weight is 359 g/mol. The van der Waals surface area contributed by atoms with Gasteiger partial charge in [0.25, 0.3) is 0 Å². The van der Waals surface area contributed by atoms with Crippen LogP contribution in [-0.4, -0.2) is 58.0 Å². The Morgan fingerprint density at radius 2 is 2.16 bits per heavy atom. The zero-order valence-corrected chi connectivity index (χ0v) is 15.7. The molecule has 4 rings (SSSR count). The van der Waals surface area contributed by atoms with Crippen LogP contribution in [0.3, 0.4) is 0 Å². The van der Waals surface area contributed by atoms with E-state index < -0.39 is 0 Å². The van der Waals surface area contributed by atoms with Crippen LogP contribution in [-0.2, 0) is 17.8 Å².